The third kappa shape index (κ3) is 4.46. The van der Waals surface area contributed by atoms with Crippen molar-refractivity contribution < 1.29 is 24.0 Å². The molecule has 0 atom stereocenters. The Balaban J connectivity index is 1.70. The van der Waals surface area contributed by atoms with E-state index in [1.807, 2.05) is 6.07 Å². The number of nitro benzene ring substituents is 1. The Labute approximate surface area is 165 Å². The number of nitrogens with one attached hydrogen (secondary N) is 1. The van der Waals surface area contributed by atoms with Crippen LogP contribution >= 0.6 is 0 Å². The fourth-order valence-corrected chi connectivity index (χ4v) is 2.77. The SMILES string of the molecule is COc1cc([N+](=O)[O-])ccc1NC(=O)COC(=O)c1cc(C)nc2ccccc12. The van der Waals surface area contributed by atoms with Gasteiger partial charge in [-0.15, -0.1) is 0 Å². The van der Waals surface area contributed by atoms with E-state index in [9.17, 15) is 19.7 Å². The molecule has 0 spiro atoms. The van der Waals surface area contributed by atoms with Gasteiger partial charge in [0.15, 0.2) is 6.61 Å². The number of nitro groups is 1. The van der Waals surface area contributed by atoms with Gasteiger partial charge in [-0.2, -0.15) is 0 Å². The Kier molecular flexibility index (Phi) is 5.68. The van der Waals surface area contributed by atoms with Crippen LogP contribution in [-0.4, -0.2) is 35.5 Å². The Bertz CT molecular complexity index is 1110. The van der Waals surface area contributed by atoms with E-state index in [1.165, 1.54) is 25.3 Å². The van der Waals surface area contributed by atoms with Gasteiger partial charge in [0.25, 0.3) is 11.6 Å². The first-order valence-electron chi connectivity index (χ1n) is 8.55. The molecule has 0 fully saturated rings. The number of hydrogen-bond acceptors (Lipinski definition) is 7. The number of fused-ring (bicyclic) bond motifs is 1. The highest BCUT2D eigenvalue weighted by atomic mass is 16.6. The van der Waals surface area contributed by atoms with Gasteiger partial charge in [0.05, 0.1) is 34.9 Å². The fraction of sp³-hybridized carbons (Fsp3) is 0.150. The van der Waals surface area contributed by atoms with Gasteiger partial charge in [0.1, 0.15) is 5.75 Å². The second kappa shape index (κ2) is 8.34. The van der Waals surface area contributed by atoms with Crippen molar-refractivity contribution in [1.29, 1.82) is 0 Å². The molecule has 1 aromatic heterocycles. The van der Waals surface area contributed by atoms with Crippen molar-refractivity contribution in [3.05, 3.63) is 69.9 Å². The number of anilines is 1. The molecule has 3 aromatic rings. The van der Waals surface area contributed by atoms with Crippen LogP contribution in [0.5, 0.6) is 5.75 Å². The summed E-state index contributed by atoms with van der Waals surface area (Å²) in [6, 6.07) is 12.5. The van der Waals surface area contributed by atoms with Crippen LogP contribution in [0.4, 0.5) is 11.4 Å². The van der Waals surface area contributed by atoms with Crippen LogP contribution in [0.15, 0.2) is 48.5 Å². The Morgan fingerprint density at radius 2 is 1.93 bits per heavy atom. The maximum Gasteiger partial charge on any atom is 0.339 e. The fourth-order valence-electron chi connectivity index (χ4n) is 2.77. The molecule has 9 heteroatoms. The van der Waals surface area contributed by atoms with Crippen molar-refractivity contribution in [3.63, 3.8) is 0 Å². The number of benzene rings is 2. The molecule has 0 unspecified atom stereocenters. The molecular formula is C20H17N3O6. The lowest BCUT2D eigenvalue weighted by Crippen LogP contribution is -2.21. The number of carbonyl (C=O) groups excluding carboxylic acids is 2. The maximum absolute atomic E-state index is 12.5. The number of hydrogen-bond donors (Lipinski definition) is 1. The molecule has 2 aromatic carbocycles. The number of esters is 1. The topological polar surface area (TPSA) is 121 Å². The van der Waals surface area contributed by atoms with Crippen LogP contribution in [0.1, 0.15) is 16.1 Å². The molecule has 0 radical (unpaired) electrons. The summed E-state index contributed by atoms with van der Waals surface area (Å²) in [4.78, 5) is 39.3. The number of aromatic nitrogens is 1. The maximum atomic E-state index is 12.5. The smallest absolute Gasteiger partial charge is 0.339 e. The zero-order chi connectivity index (χ0) is 21.0. The number of carbonyl (C=O) groups is 2. The van der Waals surface area contributed by atoms with Gasteiger partial charge in [-0.1, -0.05) is 18.2 Å². The molecule has 29 heavy (non-hydrogen) atoms. The normalized spacial score (nSPS) is 10.4. The van der Waals surface area contributed by atoms with E-state index in [2.05, 4.69) is 10.3 Å². The summed E-state index contributed by atoms with van der Waals surface area (Å²) in [6.07, 6.45) is 0. The second-order valence-electron chi connectivity index (χ2n) is 6.09. The predicted molar refractivity (Wildman–Crippen MR) is 105 cm³/mol. The van der Waals surface area contributed by atoms with Crippen LogP contribution in [-0.2, 0) is 9.53 Å². The van der Waals surface area contributed by atoms with Gasteiger partial charge in [0, 0.05) is 17.1 Å². The number of ether oxygens (including phenoxy) is 2. The number of para-hydroxylation sites is 1. The first-order valence-corrected chi connectivity index (χ1v) is 8.55. The summed E-state index contributed by atoms with van der Waals surface area (Å²) in [7, 11) is 1.33. The molecule has 0 saturated heterocycles. The van der Waals surface area contributed by atoms with E-state index in [-0.39, 0.29) is 17.1 Å². The van der Waals surface area contributed by atoms with Crippen LogP contribution in [0.25, 0.3) is 10.9 Å². The van der Waals surface area contributed by atoms with Crippen molar-refractivity contribution in [2.45, 2.75) is 6.92 Å². The van der Waals surface area contributed by atoms with Gasteiger partial charge in [-0.05, 0) is 25.1 Å². The third-order valence-corrected chi connectivity index (χ3v) is 4.07. The van der Waals surface area contributed by atoms with E-state index in [4.69, 9.17) is 9.47 Å². The highest BCUT2D eigenvalue weighted by Crippen LogP contribution is 2.29. The highest BCUT2D eigenvalue weighted by molar-refractivity contribution is 6.04. The van der Waals surface area contributed by atoms with Crippen molar-refractivity contribution in [1.82, 2.24) is 4.98 Å². The molecule has 0 aliphatic carbocycles. The van der Waals surface area contributed by atoms with Gasteiger partial charge in [-0.25, -0.2) is 4.79 Å². The summed E-state index contributed by atoms with van der Waals surface area (Å²) in [5.74, 6) is -1.15. The van der Waals surface area contributed by atoms with E-state index in [1.54, 1.807) is 31.2 Å². The van der Waals surface area contributed by atoms with Crippen molar-refractivity contribution in [2.24, 2.45) is 0 Å². The number of non-ortho nitro benzene ring substituents is 1. The van der Waals surface area contributed by atoms with Crippen molar-refractivity contribution in [3.8, 4) is 5.75 Å². The average molecular weight is 395 g/mol. The summed E-state index contributed by atoms with van der Waals surface area (Å²) in [6.45, 7) is 1.23. The molecule has 1 N–H and O–H groups in total. The largest absolute Gasteiger partial charge is 0.494 e. The third-order valence-electron chi connectivity index (χ3n) is 4.07. The minimum absolute atomic E-state index is 0.120. The average Bonchev–Trinajstić information content (AvgIpc) is 2.71. The lowest BCUT2D eigenvalue weighted by atomic mass is 10.1. The molecule has 9 nitrogen and oxygen atoms in total. The Morgan fingerprint density at radius 3 is 2.66 bits per heavy atom. The number of methoxy groups -OCH3 is 1. The zero-order valence-corrected chi connectivity index (χ0v) is 15.7. The summed E-state index contributed by atoms with van der Waals surface area (Å²) >= 11 is 0. The lowest BCUT2D eigenvalue weighted by molar-refractivity contribution is -0.384. The van der Waals surface area contributed by atoms with Crippen LogP contribution in [0.2, 0.25) is 0 Å². The van der Waals surface area contributed by atoms with E-state index in [0.29, 0.717) is 22.2 Å². The molecule has 0 aliphatic rings. The molecule has 1 amide bonds. The quantitative estimate of drug-likeness (QED) is 0.386. The van der Waals surface area contributed by atoms with Crippen LogP contribution in [0.3, 0.4) is 0 Å². The first-order chi connectivity index (χ1) is 13.9. The number of pyridine rings is 1. The van der Waals surface area contributed by atoms with E-state index < -0.39 is 23.4 Å². The molecular weight excluding hydrogens is 378 g/mol. The van der Waals surface area contributed by atoms with Gasteiger partial charge in [0.2, 0.25) is 0 Å². The van der Waals surface area contributed by atoms with Gasteiger partial charge >= 0.3 is 5.97 Å². The second-order valence-corrected chi connectivity index (χ2v) is 6.09. The van der Waals surface area contributed by atoms with E-state index in [0.717, 1.165) is 0 Å². The molecule has 3 rings (SSSR count). The number of rotatable bonds is 6. The molecule has 148 valence electrons. The number of aryl methyl sites for hydroxylation is 1. The first kappa shape index (κ1) is 19.7. The molecule has 0 saturated carbocycles. The van der Waals surface area contributed by atoms with E-state index >= 15 is 0 Å². The summed E-state index contributed by atoms with van der Waals surface area (Å²) in [5.41, 5.74) is 1.67. The van der Waals surface area contributed by atoms with Gasteiger partial charge < -0.3 is 14.8 Å². The Hall–Kier alpha value is -4.01. The Morgan fingerprint density at radius 1 is 1.17 bits per heavy atom. The number of nitrogens with zero attached hydrogens (tertiary/aromatic N) is 2. The van der Waals surface area contributed by atoms with Crippen LogP contribution in [0, 0.1) is 17.0 Å². The van der Waals surface area contributed by atoms with Crippen molar-refractivity contribution >= 4 is 34.2 Å². The molecule has 0 bridgehead atoms. The molecule has 1 heterocycles. The number of amides is 1. The highest BCUT2D eigenvalue weighted by Gasteiger charge is 2.17. The standard InChI is InChI=1S/C20H17N3O6/c1-12-9-15(14-5-3-4-6-16(14)21-12)20(25)29-11-19(24)22-17-8-7-13(23(26)27)10-18(17)28-2/h3-10H,11H2,1-2H3,(H,22,24). The summed E-state index contributed by atoms with van der Waals surface area (Å²) < 4.78 is 10.2. The van der Waals surface area contributed by atoms with Crippen LogP contribution < -0.4 is 10.1 Å². The lowest BCUT2D eigenvalue weighted by Gasteiger charge is -2.11. The minimum atomic E-state index is -0.655. The van der Waals surface area contributed by atoms with Gasteiger partial charge in [-0.3, -0.25) is 19.9 Å². The monoisotopic (exact) mass is 395 g/mol. The summed E-state index contributed by atoms with van der Waals surface area (Å²) in [5, 5.41) is 14.0. The molecule has 0 aliphatic heterocycles. The minimum Gasteiger partial charge on any atom is -0.494 e. The zero-order valence-electron chi connectivity index (χ0n) is 15.7. The van der Waals surface area contributed by atoms with Crippen molar-refractivity contribution in [2.75, 3.05) is 19.0 Å². The predicted octanol–water partition coefficient (Wildman–Crippen LogP) is 3.26.